The van der Waals surface area contributed by atoms with Gasteiger partial charge in [-0.3, -0.25) is 18.6 Å². The van der Waals surface area contributed by atoms with Gasteiger partial charge in [-0.1, -0.05) is 204 Å². The van der Waals surface area contributed by atoms with Crippen molar-refractivity contribution in [3.8, 4) is 0 Å². The van der Waals surface area contributed by atoms with Crippen LogP contribution < -0.4 is 5.32 Å². The van der Waals surface area contributed by atoms with Crippen molar-refractivity contribution >= 4 is 19.7 Å². The van der Waals surface area contributed by atoms with Crippen LogP contribution in [0.25, 0.3) is 0 Å². The topological polar surface area (TPSA) is 111 Å². The Labute approximate surface area is 407 Å². The monoisotopic (exact) mass is 948 g/mol. The lowest BCUT2D eigenvalue weighted by Gasteiger charge is -2.27. The first-order valence-electron chi connectivity index (χ1n) is 27.1. The lowest BCUT2D eigenvalue weighted by Crippen LogP contribution is -2.47. The van der Waals surface area contributed by atoms with Gasteiger partial charge in [-0.05, 0) is 76.7 Å². The highest BCUT2D eigenvalue weighted by molar-refractivity contribution is 7.47. The van der Waals surface area contributed by atoms with Crippen LogP contribution in [0.1, 0.15) is 233 Å². The van der Waals surface area contributed by atoms with Crippen LogP contribution in [-0.4, -0.2) is 74.3 Å². The summed E-state index contributed by atoms with van der Waals surface area (Å²) in [6.07, 6.45) is 56.4. The molecule has 0 aliphatic rings. The largest absolute Gasteiger partial charge is 0.472 e. The highest BCUT2D eigenvalue weighted by atomic mass is 31.2. The van der Waals surface area contributed by atoms with Gasteiger partial charge in [0, 0.05) is 12.8 Å². The molecule has 0 radical (unpaired) electrons. The van der Waals surface area contributed by atoms with Crippen LogP contribution in [0.4, 0.5) is 0 Å². The van der Waals surface area contributed by atoms with Crippen molar-refractivity contribution in [2.24, 2.45) is 0 Å². The summed E-state index contributed by atoms with van der Waals surface area (Å²) in [5.74, 6) is -0.536. The van der Waals surface area contributed by atoms with Crippen LogP contribution in [-0.2, 0) is 27.9 Å². The number of unbranched alkanes of at least 4 members (excludes halogenated alkanes) is 26. The number of nitrogens with one attached hydrogen (secondary N) is 1. The molecule has 3 unspecified atom stereocenters. The predicted molar refractivity (Wildman–Crippen MR) is 282 cm³/mol. The van der Waals surface area contributed by atoms with E-state index in [0.29, 0.717) is 17.4 Å². The number of phosphoric acid groups is 1. The summed E-state index contributed by atoms with van der Waals surface area (Å²) in [4.78, 5) is 37.5. The van der Waals surface area contributed by atoms with Crippen molar-refractivity contribution < 1.29 is 37.3 Å². The average Bonchev–Trinajstić information content (AvgIpc) is 3.27. The molecule has 0 aliphatic heterocycles. The molecule has 0 rings (SSSR count). The minimum absolute atomic E-state index is 0.0338. The molecule has 0 aliphatic carbocycles. The van der Waals surface area contributed by atoms with Gasteiger partial charge in [0.2, 0.25) is 5.91 Å². The second-order valence-electron chi connectivity index (χ2n) is 19.4. The third-order valence-corrected chi connectivity index (χ3v) is 12.7. The summed E-state index contributed by atoms with van der Waals surface area (Å²) >= 11 is 0. The molecule has 0 saturated carbocycles. The van der Waals surface area contributed by atoms with Crippen molar-refractivity contribution in [2.45, 2.75) is 245 Å². The van der Waals surface area contributed by atoms with Gasteiger partial charge in [-0.25, -0.2) is 4.57 Å². The van der Waals surface area contributed by atoms with Gasteiger partial charge in [0.15, 0.2) is 0 Å². The van der Waals surface area contributed by atoms with E-state index >= 15 is 0 Å². The maximum absolute atomic E-state index is 13.4. The summed E-state index contributed by atoms with van der Waals surface area (Å²) < 4.78 is 30.5. The lowest BCUT2D eigenvalue weighted by molar-refractivity contribution is -0.870. The number of esters is 1. The highest BCUT2D eigenvalue weighted by Crippen LogP contribution is 2.43. The molecule has 10 heteroatoms. The standard InChI is InChI=1S/C56H103N2O7P/c1-7-10-13-16-19-22-25-28-29-31-34-37-40-43-46-49-56(60)65-54(47-44-41-38-35-32-27-24-21-18-15-12-9-3)53(52-64-66(61,62)63-51-50-58(4,5)6)57-55(59)48-45-42-39-36-33-30-26-23-20-17-14-11-8-2/h11,14,17,20,22-23,25-26,44,47,53-54H,7-10,12-13,15-16,18-19,21,24,27-43,45-46,48-52H2,1-6H3,(H-,57,59,61,62)/p+1/b14-11+,20-17+,25-22-,26-23-,47-44+. The number of hydrogen-bond acceptors (Lipinski definition) is 6. The average molecular weight is 948 g/mol. The van der Waals surface area contributed by atoms with Gasteiger partial charge in [0.25, 0.3) is 0 Å². The fourth-order valence-electron chi connectivity index (χ4n) is 7.52. The number of rotatable bonds is 48. The van der Waals surface area contributed by atoms with Crippen LogP contribution in [0, 0.1) is 0 Å². The van der Waals surface area contributed by atoms with Crippen LogP contribution in [0.5, 0.6) is 0 Å². The molecule has 0 spiro atoms. The number of allylic oxidation sites excluding steroid dienone is 9. The Hall–Kier alpha value is -2.29. The van der Waals surface area contributed by atoms with E-state index in [4.69, 9.17) is 13.8 Å². The van der Waals surface area contributed by atoms with Gasteiger partial charge < -0.3 is 19.4 Å². The molecule has 0 heterocycles. The van der Waals surface area contributed by atoms with Crippen LogP contribution in [0.15, 0.2) is 60.8 Å². The summed E-state index contributed by atoms with van der Waals surface area (Å²) in [5.41, 5.74) is 0. The zero-order valence-electron chi connectivity index (χ0n) is 43.7. The number of ether oxygens (including phenoxy) is 1. The Morgan fingerprint density at radius 3 is 1.50 bits per heavy atom. The van der Waals surface area contributed by atoms with E-state index in [2.05, 4.69) is 68.6 Å². The van der Waals surface area contributed by atoms with E-state index in [1.54, 1.807) is 0 Å². The summed E-state index contributed by atoms with van der Waals surface area (Å²) in [5, 5.41) is 3.03. The van der Waals surface area contributed by atoms with E-state index in [9.17, 15) is 19.0 Å². The fraction of sp³-hybridized carbons (Fsp3) is 0.786. The Balaban J connectivity index is 5.43. The van der Waals surface area contributed by atoms with Crippen molar-refractivity contribution in [3.63, 3.8) is 0 Å². The Bertz CT molecular complexity index is 1320. The SMILES string of the molecule is CC/C=C/C=C/C=C\CCCCCCCC(=O)NC(COP(=O)(O)OCC[N+](C)(C)C)C(/C=C/CCCCCCCCCCCC)OC(=O)CCCCCCCCC/C=C\CCCCCC. The second kappa shape index (κ2) is 46.4. The van der Waals surface area contributed by atoms with Crippen molar-refractivity contribution in [1.82, 2.24) is 5.32 Å². The van der Waals surface area contributed by atoms with Crippen LogP contribution >= 0.6 is 7.82 Å². The lowest BCUT2D eigenvalue weighted by atomic mass is 10.0. The minimum Gasteiger partial charge on any atom is -0.456 e. The molecule has 2 N–H and O–H groups in total. The molecular weight excluding hydrogens is 844 g/mol. The molecule has 66 heavy (non-hydrogen) atoms. The van der Waals surface area contributed by atoms with Gasteiger partial charge in [0.05, 0.1) is 33.8 Å². The number of likely N-dealkylation sites (N-methyl/N-ethyl adjacent to an activating group) is 1. The Kier molecular flexibility index (Phi) is 44.8. The third-order valence-electron chi connectivity index (χ3n) is 11.8. The van der Waals surface area contributed by atoms with E-state index in [1.807, 2.05) is 39.4 Å². The summed E-state index contributed by atoms with van der Waals surface area (Å²) in [6, 6.07) is -0.859. The number of carbonyl (C=O) groups is 2. The normalized spacial score (nSPS) is 14.3. The first-order chi connectivity index (χ1) is 31.9. The molecule has 0 fully saturated rings. The molecule has 3 atom stereocenters. The molecule has 1 amide bonds. The number of nitrogens with zero attached hydrogens (tertiary/aromatic N) is 1. The summed E-state index contributed by atoms with van der Waals surface area (Å²) in [7, 11) is 1.47. The third kappa shape index (κ3) is 46.8. The molecule has 384 valence electrons. The van der Waals surface area contributed by atoms with Crippen LogP contribution in [0.2, 0.25) is 0 Å². The van der Waals surface area contributed by atoms with E-state index in [-0.39, 0.29) is 31.5 Å². The highest BCUT2D eigenvalue weighted by Gasteiger charge is 2.30. The fourth-order valence-corrected chi connectivity index (χ4v) is 8.26. The van der Waals surface area contributed by atoms with Gasteiger partial charge >= 0.3 is 13.8 Å². The van der Waals surface area contributed by atoms with Gasteiger partial charge in [-0.15, -0.1) is 0 Å². The molecule has 0 saturated heterocycles. The van der Waals surface area contributed by atoms with E-state index in [1.165, 1.54) is 103 Å². The second-order valence-corrected chi connectivity index (χ2v) is 20.9. The van der Waals surface area contributed by atoms with E-state index < -0.39 is 20.0 Å². The maximum Gasteiger partial charge on any atom is 0.472 e. The number of carbonyl (C=O) groups excluding carboxylic acids is 2. The van der Waals surface area contributed by atoms with Crippen LogP contribution in [0.3, 0.4) is 0 Å². The predicted octanol–water partition coefficient (Wildman–Crippen LogP) is 15.9. The minimum atomic E-state index is -4.45. The summed E-state index contributed by atoms with van der Waals surface area (Å²) in [6.45, 7) is 6.83. The molecule has 0 aromatic heterocycles. The van der Waals surface area contributed by atoms with E-state index in [0.717, 1.165) is 96.3 Å². The van der Waals surface area contributed by atoms with Gasteiger partial charge in [-0.2, -0.15) is 0 Å². The van der Waals surface area contributed by atoms with Crippen molar-refractivity contribution in [3.05, 3.63) is 60.8 Å². The smallest absolute Gasteiger partial charge is 0.456 e. The first kappa shape index (κ1) is 63.7. The quantitative estimate of drug-likeness (QED) is 0.0156. The molecule has 0 aromatic rings. The molecule has 0 aromatic carbocycles. The Morgan fingerprint density at radius 1 is 0.545 bits per heavy atom. The zero-order chi connectivity index (χ0) is 48.7. The number of amides is 1. The maximum atomic E-state index is 13.4. The molecular formula is C56H104N2O7P+. The number of hydrogen-bond donors (Lipinski definition) is 2. The number of quaternary nitrogens is 1. The molecule has 0 bridgehead atoms. The van der Waals surface area contributed by atoms with Gasteiger partial charge in [0.1, 0.15) is 19.3 Å². The number of phosphoric ester groups is 1. The molecule has 9 nitrogen and oxygen atoms in total. The first-order valence-corrected chi connectivity index (χ1v) is 28.6. The van der Waals surface area contributed by atoms with Crippen molar-refractivity contribution in [1.29, 1.82) is 0 Å². The zero-order valence-corrected chi connectivity index (χ0v) is 44.6. The van der Waals surface area contributed by atoms with Crippen molar-refractivity contribution in [2.75, 3.05) is 40.9 Å². The Morgan fingerprint density at radius 2 is 0.985 bits per heavy atom.